The summed E-state index contributed by atoms with van der Waals surface area (Å²) < 4.78 is 25.5. The van der Waals surface area contributed by atoms with E-state index in [2.05, 4.69) is 30.4 Å². The molecule has 0 aliphatic carbocycles. The van der Waals surface area contributed by atoms with E-state index in [0.717, 1.165) is 34.5 Å². The standard InChI is InChI=1S/C21H28N2O3S/c1-16-7-5-8-19(13-16)9-6-12-22-21(24)15-23(27(4,25)26)20-11-10-17(2)18(3)14-20/h5,7-8,10-11,13-14H,6,9,12,15H2,1-4H3,(H,22,24). The highest BCUT2D eigenvalue weighted by molar-refractivity contribution is 7.92. The molecule has 0 saturated carbocycles. The van der Waals surface area contributed by atoms with Gasteiger partial charge in [0, 0.05) is 6.54 Å². The maximum atomic E-state index is 12.3. The molecule has 6 heteroatoms. The van der Waals surface area contributed by atoms with Crippen LogP contribution in [0.4, 0.5) is 5.69 Å². The van der Waals surface area contributed by atoms with Gasteiger partial charge in [0.2, 0.25) is 15.9 Å². The van der Waals surface area contributed by atoms with Gasteiger partial charge in [0.15, 0.2) is 0 Å². The van der Waals surface area contributed by atoms with Crippen LogP contribution in [0, 0.1) is 20.8 Å². The number of amides is 1. The molecule has 0 fully saturated rings. The molecule has 0 unspecified atom stereocenters. The Kier molecular flexibility index (Phi) is 7.02. The van der Waals surface area contributed by atoms with E-state index in [4.69, 9.17) is 0 Å². The second kappa shape index (κ2) is 9.04. The minimum absolute atomic E-state index is 0.216. The van der Waals surface area contributed by atoms with Crippen LogP contribution >= 0.6 is 0 Å². The monoisotopic (exact) mass is 388 g/mol. The maximum Gasteiger partial charge on any atom is 0.240 e. The van der Waals surface area contributed by atoms with Crippen molar-refractivity contribution in [2.45, 2.75) is 33.6 Å². The summed E-state index contributed by atoms with van der Waals surface area (Å²) in [5.41, 5.74) is 5.02. The molecule has 0 saturated heterocycles. The molecule has 146 valence electrons. The zero-order valence-corrected chi connectivity index (χ0v) is 17.3. The lowest BCUT2D eigenvalue weighted by molar-refractivity contribution is -0.119. The number of rotatable bonds is 8. The van der Waals surface area contributed by atoms with E-state index in [1.165, 1.54) is 11.1 Å². The molecule has 0 aliphatic rings. The molecule has 27 heavy (non-hydrogen) atoms. The molecule has 0 bridgehead atoms. The van der Waals surface area contributed by atoms with E-state index in [1.54, 1.807) is 12.1 Å². The number of anilines is 1. The van der Waals surface area contributed by atoms with Gasteiger partial charge in [-0.2, -0.15) is 0 Å². The van der Waals surface area contributed by atoms with Crippen LogP contribution in [0.25, 0.3) is 0 Å². The van der Waals surface area contributed by atoms with Gasteiger partial charge in [-0.1, -0.05) is 35.9 Å². The molecule has 1 N–H and O–H groups in total. The summed E-state index contributed by atoms with van der Waals surface area (Å²) in [6.45, 7) is 6.23. The SMILES string of the molecule is Cc1cccc(CCCNC(=O)CN(c2ccc(C)c(C)c2)S(C)(=O)=O)c1. The van der Waals surface area contributed by atoms with Crippen LogP contribution < -0.4 is 9.62 Å². The van der Waals surface area contributed by atoms with E-state index in [1.807, 2.05) is 26.0 Å². The van der Waals surface area contributed by atoms with Crippen molar-refractivity contribution in [3.8, 4) is 0 Å². The van der Waals surface area contributed by atoms with Gasteiger partial charge in [-0.25, -0.2) is 8.42 Å². The molecule has 2 aromatic rings. The van der Waals surface area contributed by atoms with Gasteiger partial charge in [-0.15, -0.1) is 0 Å². The normalized spacial score (nSPS) is 11.3. The first-order chi connectivity index (χ1) is 12.7. The molecule has 2 rings (SSSR count). The lowest BCUT2D eigenvalue weighted by Gasteiger charge is -2.22. The number of hydrogen-bond acceptors (Lipinski definition) is 3. The van der Waals surface area contributed by atoms with Crippen molar-refractivity contribution in [2.75, 3.05) is 23.7 Å². The summed E-state index contributed by atoms with van der Waals surface area (Å²) in [4.78, 5) is 12.3. The zero-order valence-electron chi connectivity index (χ0n) is 16.5. The number of aryl methyl sites for hydroxylation is 4. The largest absolute Gasteiger partial charge is 0.355 e. The second-order valence-electron chi connectivity index (χ2n) is 6.98. The predicted octanol–water partition coefficient (Wildman–Crippen LogP) is 3.13. The third-order valence-corrected chi connectivity index (χ3v) is 5.65. The van der Waals surface area contributed by atoms with Crippen LogP contribution in [-0.4, -0.2) is 33.7 Å². The summed E-state index contributed by atoms with van der Waals surface area (Å²) in [5, 5.41) is 2.82. The number of hydrogen-bond donors (Lipinski definition) is 1. The van der Waals surface area contributed by atoms with Crippen molar-refractivity contribution < 1.29 is 13.2 Å². The quantitative estimate of drug-likeness (QED) is 0.707. The number of carbonyl (C=O) groups excluding carboxylic acids is 1. The summed E-state index contributed by atoms with van der Waals surface area (Å²) in [5.74, 6) is -0.303. The lowest BCUT2D eigenvalue weighted by Crippen LogP contribution is -2.40. The number of nitrogens with zero attached hydrogens (tertiary/aromatic N) is 1. The Labute approximate surface area is 162 Å². The summed E-state index contributed by atoms with van der Waals surface area (Å²) in [6, 6.07) is 13.7. The summed E-state index contributed by atoms with van der Waals surface area (Å²) in [7, 11) is -3.55. The fourth-order valence-electron chi connectivity index (χ4n) is 2.86. The first kappa shape index (κ1) is 21.0. The minimum atomic E-state index is -3.55. The van der Waals surface area contributed by atoms with E-state index in [9.17, 15) is 13.2 Å². The van der Waals surface area contributed by atoms with Crippen LogP contribution in [-0.2, 0) is 21.2 Å². The Hall–Kier alpha value is -2.34. The van der Waals surface area contributed by atoms with Crippen molar-refractivity contribution in [3.63, 3.8) is 0 Å². The second-order valence-corrected chi connectivity index (χ2v) is 8.89. The lowest BCUT2D eigenvalue weighted by atomic mass is 10.1. The van der Waals surface area contributed by atoms with E-state index >= 15 is 0 Å². The molecule has 0 aliphatic heterocycles. The Balaban J connectivity index is 1.93. The Morgan fingerprint density at radius 2 is 1.78 bits per heavy atom. The van der Waals surface area contributed by atoms with Crippen molar-refractivity contribution >= 4 is 21.6 Å². The predicted molar refractivity (Wildman–Crippen MR) is 111 cm³/mol. The summed E-state index contributed by atoms with van der Waals surface area (Å²) in [6.07, 6.45) is 2.79. The molecule has 2 aromatic carbocycles. The molecule has 0 atom stereocenters. The molecular weight excluding hydrogens is 360 g/mol. The fourth-order valence-corrected chi connectivity index (χ4v) is 3.70. The van der Waals surface area contributed by atoms with E-state index < -0.39 is 10.0 Å². The van der Waals surface area contributed by atoms with Gasteiger partial charge in [0.05, 0.1) is 11.9 Å². The van der Waals surface area contributed by atoms with Crippen LogP contribution in [0.2, 0.25) is 0 Å². The maximum absolute atomic E-state index is 12.3. The number of benzene rings is 2. The molecule has 0 aromatic heterocycles. The van der Waals surface area contributed by atoms with Crippen molar-refractivity contribution in [2.24, 2.45) is 0 Å². The number of carbonyl (C=O) groups is 1. The average molecular weight is 389 g/mol. The van der Waals surface area contributed by atoms with Crippen LogP contribution in [0.5, 0.6) is 0 Å². The van der Waals surface area contributed by atoms with E-state index in [0.29, 0.717) is 12.2 Å². The topological polar surface area (TPSA) is 66.5 Å². The minimum Gasteiger partial charge on any atom is -0.355 e. The van der Waals surface area contributed by atoms with Gasteiger partial charge in [-0.3, -0.25) is 9.10 Å². The van der Waals surface area contributed by atoms with Crippen molar-refractivity contribution in [1.29, 1.82) is 0 Å². The number of nitrogens with one attached hydrogen (secondary N) is 1. The Morgan fingerprint density at radius 1 is 1.04 bits per heavy atom. The van der Waals surface area contributed by atoms with Gasteiger partial charge in [0.25, 0.3) is 0 Å². The Morgan fingerprint density at radius 3 is 2.41 bits per heavy atom. The zero-order chi connectivity index (χ0) is 20.0. The molecule has 1 amide bonds. The highest BCUT2D eigenvalue weighted by Crippen LogP contribution is 2.21. The van der Waals surface area contributed by atoms with Crippen molar-refractivity contribution in [1.82, 2.24) is 5.32 Å². The highest BCUT2D eigenvalue weighted by Gasteiger charge is 2.21. The van der Waals surface area contributed by atoms with Gasteiger partial charge >= 0.3 is 0 Å². The van der Waals surface area contributed by atoms with Crippen LogP contribution in [0.1, 0.15) is 28.7 Å². The van der Waals surface area contributed by atoms with Crippen molar-refractivity contribution in [3.05, 3.63) is 64.7 Å². The smallest absolute Gasteiger partial charge is 0.240 e. The summed E-state index contributed by atoms with van der Waals surface area (Å²) >= 11 is 0. The van der Waals surface area contributed by atoms with E-state index in [-0.39, 0.29) is 12.5 Å². The third kappa shape index (κ3) is 6.40. The molecule has 0 radical (unpaired) electrons. The molecule has 5 nitrogen and oxygen atoms in total. The first-order valence-corrected chi connectivity index (χ1v) is 10.9. The molecule has 0 heterocycles. The molecule has 0 spiro atoms. The fraction of sp³-hybridized carbons (Fsp3) is 0.381. The van der Waals surface area contributed by atoms with Gasteiger partial charge in [0.1, 0.15) is 6.54 Å². The van der Waals surface area contributed by atoms with Gasteiger partial charge in [-0.05, 0) is 62.4 Å². The molecular formula is C21H28N2O3S. The van der Waals surface area contributed by atoms with Gasteiger partial charge < -0.3 is 5.32 Å². The Bertz CT molecular complexity index is 907. The van der Waals surface area contributed by atoms with Crippen LogP contribution in [0.15, 0.2) is 42.5 Å². The highest BCUT2D eigenvalue weighted by atomic mass is 32.2. The average Bonchev–Trinajstić information content (AvgIpc) is 2.58. The first-order valence-electron chi connectivity index (χ1n) is 9.04. The third-order valence-electron chi connectivity index (χ3n) is 4.51. The van der Waals surface area contributed by atoms with Crippen LogP contribution in [0.3, 0.4) is 0 Å². The number of sulfonamides is 1.